The highest BCUT2D eigenvalue weighted by Gasteiger charge is 2.42. The number of rotatable bonds is 29. The summed E-state index contributed by atoms with van der Waals surface area (Å²) in [6.45, 7) is 3.56. The zero-order valence-electron chi connectivity index (χ0n) is 41.5. The number of likely N-dealkylation sites (tertiary alicyclic amines) is 2. The summed E-state index contributed by atoms with van der Waals surface area (Å²) in [7, 11) is 1.55. The SMILES string of the molecule is CN[C@H](C(=O)C[C@@H](C)C(=O)N1CCC[C@H]1C(=O)C[C@@H](CCCCC(=N)N)C(=O)N[C@@H](Cc1ccccc1)C(=O)N1CCC[C@H]1C(=O)N[C@@H](Cc1cnc[nH]1)C(=O)C[C@@H](Cc1ccc(O)cc1)C(N)=O)[C@@H](C)O. The Bertz CT molecular complexity index is 2340. The summed E-state index contributed by atoms with van der Waals surface area (Å²) in [4.78, 5) is 121. The van der Waals surface area contributed by atoms with E-state index < -0.39 is 83.5 Å². The van der Waals surface area contributed by atoms with E-state index in [4.69, 9.17) is 16.9 Å². The first kappa shape index (κ1) is 56.1. The number of aliphatic hydroxyl groups excluding tert-OH is 1. The molecule has 11 N–H and O–H groups in total. The summed E-state index contributed by atoms with van der Waals surface area (Å²) in [5, 5.41) is 36.1. The van der Waals surface area contributed by atoms with Gasteiger partial charge in [-0.05, 0) is 82.2 Å². The third-order valence-electron chi connectivity index (χ3n) is 13.7. The van der Waals surface area contributed by atoms with Crippen molar-refractivity contribution in [3.05, 3.63) is 83.9 Å². The number of imidazole rings is 1. The number of aromatic hydroxyl groups is 1. The number of amides is 5. The van der Waals surface area contributed by atoms with Crippen LogP contribution in [-0.4, -0.2) is 139 Å². The fraction of sp³-hybridized carbons (Fsp3) is 0.538. The molecule has 5 rings (SSSR count). The Labute approximate surface area is 420 Å². The van der Waals surface area contributed by atoms with Crippen LogP contribution in [0.4, 0.5) is 0 Å². The van der Waals surface area contributed by atoms with Crippen LogP contribution in [0.3, 0.4) is 0 Å². The van der Waals surface area contributed by atoms with Crippen LogP contribution in [0.5, 0.6) is 5.75 Å². The van der Waals surface area contributed by atoms with Gasteiger partial charge in [0.1, 0.15) is 17.8 Å². The molecule has 2 saturated heterocycles. The molecule has 9 atom stereocenters. The van der Waals surface area contributed by atoms with E-state index >= 15 is 0 Å². The van der Waals surface area contributed by atoms with E-state index in [2.05, 4.69) is 25.9 Å². The van der Waals surface area contributed by atoms with Gasteiger partial charge in [-0.3, -0.25) is 43.8 Å². The molecule has 5 amide bonds. The van der Waals surface area contributed by atoms with Gasteiger partial charge in [0.15, 0.2) is 17.3 Å². The second-order valence-electron chi connectivity index (χ2n) is 19.3. The number of unbranched alkanes of at least 4 members (excludes halogenated alkanes) is 1. The number of amidine groups is 1. The molecule has 2 aromatic carbocycles. The highest BCUT2D eigenvalue weighted by molar-refractivity contribution is 5.98. The van der Waals surface area contributed by atoms with E-state index in [0.29, 0.717) is 55.5 Å². The molecule has 0 aliphatic carbocycles. The van der Waals surface area contributed by atoms with E-state index in [9.17, 15) is 48.6 Å². The van der Waals surface area contributed by atoms with Gasteiger partial charge in [0.25, 0.3) is 0 Å². The Hall–Kier alpha value is -6.80. The second kappa shape index (κ2) is 27.1. The number of primary amides is 1. The molecule has 3 aromatic rings. The fourth-order valence-electron chi connectivity index (χ4n) is 9.79. The van der Waals surface area contributed by atoms with Crippen molar-refractivity contribution in [2.24, 2.45) is 29.2 Å². The smallest absolute Gasteiger partial charge is 0.246 e. The van der Waals surface area contributed by atoms with E-state index in [1.54, 1.807) is 50.4 Å². The van der Waals surface area contributed by atoms with Crippen LogP contribution in [0.1, 0.15) is 101 Å². The van der Waals surface area contributed by atoms with Gasteiger partial charge in [-0.2, -0.15) is 0 Å². The number of benzene rings is 2. The van der Waals surface area contributed by atoms with E-state index in [1.165, 1.54) is 41.4 Å². The van der Waals surface area contributed by atoms with Gasteiger partial charge in [-0.1, -0.05) is 55.8 Å². The molecule has 0 spiro atoms. The molecule has 0 radical (unpaired) electrons. The maximum absolute atomic E-state index is 14.8. The molecule has 20 nitrogen and oxygen atoms in total. The van der Waals surface area contributed by atoms with Gasteiger partial charge in [0, 0.05) is 81.3 Å². The average Bonchev–Trinajstić information content (AvgIpc) is 4.16. The largest absolute Gasteiger partial charge is 0.508 e. The maximum Gasteiger partial charge on any atom is 0.246 e. The lowest BCUT2D eigenvalue weighted by molar-refractivity contribution is -0.144. The predicted octanol–water partition coefficient (Wildman–Crippen LogP) is 1.79. The number of nitrogens with zero attached hydrogens (tertiary/aromatic N) is 3. The predicted molar refractivity (Wildman–Crippen MR) is 267 cm³/mol. The lowest BCUT2D eigenvalue weighted by atomic mass is 9.90. The number of aliphatic hydroxyl groups is 1. The summed E-state index contributed by atoms with van der Waals surface area (Å²) < 4.78 is 0. The first-order chi connectivity index (χ1) is 34.4. The van der Waals surface area contributed by atoms with Crippen molar-refractivity contribution >= 4 is 52.7 Å². The summed E-state index contributed by atoms with van der Waals surface area (Å²) >= 11 is 0. The number of Topliss-reactive ketones (excluding diaryl/α,β-unsaturated/α-hetero) is 3. The Kier molecular flexibility index (Phi) is 21.2. The molecule has 1 aromatic heterocycles. The van der Waals surface area contributed by atoms with Crippen LogP contribution in [0.25, 0.3) is 0 Å². The van der Waals surface area contributed by atoms with Gasteiger partial charge in [-0.25, -0.2) is 4.98 Å². The quantitative estimate of drug-likeness (QED) is 0.0273. The fourth-order valence-corrected chi connectivity index (χ4v) is 9.79. The number of aromatic nitrogens is 2. The zero-order chi connectivity index (χ0) is 52.5. The molecule has 0 saturated carbocycles. The summed E-state index contributed by atoms with van der Waals surface area (Å²) in [6, 6.07) is 10.1. The average molecular weight is 997 g/mol. The molecule has 0 unspecified atom stereocenters. The number of hydrogen-bond donors (Lipinski definition) is 9. The van der Waals surface area contributed by atoms with Crippen LogP contribution in [0.2, 0.25) is 0 Å². The molecule has 390 valence electrons. The van der Waals surface area contributed by atoms with Gasteiger partial charge in [-0.15, -0.1) is 0 Å². The third kappa shape index (κ3) is 16.1. The molecule has 72 heavy (non-hydrogen) atoms. The van der Waals surface area contributed by atoms with Crippen LogP contribution >= 0.6 is 0 Å². The Morgan fingerprint density at radius 2 is 1.43 bits per heavy atom. The molecular formula is C52H72N10O10. The Morgan fingerprint density at radius 1 is 0.778 bits per heavy atom. The van der Waals surface area contributed by atoms with Crippen LogP contribution < -0.4 is 27.4 Å². The number of likely N-dealkylation sites (N-methyl/N-ethyl adjacent to an activating group) is 1. The first-order valence-electron chi connectivity index (χ1n) is 24.9. The van der Waals surface area contributed by atoms with Crippen molar-refractivity contribution in [3.63, 3.8) is 0 Å². The number of hydrogen-bond acceptors (Lipinski definition) is 13. The number of ketones is 3. The Balaban J connectivity index is 1.34. The normalized spacial score (nSPS) is 18.5. The van der Waals surface area contributed by atoms with Gasteiger partial charge < -0.3 is 52.4 Å². The maximum atomic E-state index is 14.8. The lowest BCUT2D eigenvalue weighted by Crippen LogP contribution is -2.56. The monoisotopic (exact) mass is 997 g/mol. The van der Waals surface area contributed by atoms with Crippen LogP contribution in [0, 0.1) is 23.2 Å². The molecule has 2 aliphatic rings. The van der Waals surface area contributed by atoms with Crippen LogP contribution in [-0.2, 0) is 57.6 Å². The van der Waals surface area contributed by atoms with Gasteiger partial charge >= 0.3 is 0 Å². The highest BCUT2D eigenvalue weighted by atomic mass is 16.3. The molecular weight excluding hydrogens is 925 g/mol. The molecule has 0 bridgehead atoms. The van der Waals surface area contributed by atoms with Crippen molar-refractivity contribution in [3.8, 4) is 5.75 Å². The van der Waals surface area contributed by atoms with Gasteiger partial charge in [0.2, 0.25) is 29.5 Å². The number of nitrogens with one attached hydrogen (secondary N) is 5. The standard InChI is InChI=1S/C52H72N10O10/c1-31(23-45(67)47(56-3)32(2)63)51(71)61-21-9-14-41(61)44(66)26-35(13-7-8-16-46(53)54)49(69)60-40(25-33-11-5-4-6-12-33)52(72)62-22-10-15-42(62)50(70)59-39(28-37-29-57-30-58-37)43(65)27-36(48(55)68)24-34-17-19-38(64)20-18-34/h4-6,11-12,17-20,29-32,35-36,39-42,47,56,63-64H,7-10,13-16,21-28H2,1-3H3,(H3,53,54)(H2,55,68)(H,57,58)(H,59,70)(H,60,69)/t31-,32-,35-,36-,39+,40+,41+,42+,47+/m1/s1. The number of carbonyl (C=O) groups excluding carboxylic acids is 8. The second-order valence-corrected chi connectivity index (χ2v) is 19.3. The first-order valence-corrected chi connectivity index (χ1v) is 24.9. The van der Waals surface area contributed by atoms with E-state index in [1.807, 2.05) is 6.07 Å². The topological polar surface area (TPSA) is 324 Å². The number of aromatic amines is 1. The summed E-state index contributed by atoms with van der Waals surface area (Å²) in [6.07, 6.45) is 4.41. The van der Waals surface area contributed by atoms with Crippen molar-refractivity contribution in [1.29, 1.82) is 5.41 Å². The molecule has 20 heteroatoms. The minimum absolute atomic E-state index is 0.00167. The highest BCUT2D eigenvalue weighted by Crippen LogP contribution is 2.27. The molecule has 2 fully saturated rings. The summed E-state index contributed by atoms with van der Waals surface area (Å²) in [5.74, 6) is -6.60. The third-order valence-corrected chi connectivity index (χ3v) is 13.7. The van der Waals surface area contributed by atoms with Crippen molar-refractivity contribution in [2.45, 2.75) is 140 Å². The molecule has 2 aliphatic heterocycles. The molecule has 3 heterocycles. The van der Waals surface area contributed by atoms with Crippen molar-refractivity contribution in [1.82, 2.24) is 35.7 Å². The Morgan fingerprint density at radius 3 is 2.04 bits per heavy atom. The van der Waals surface area contributed by atoms with E-state index in [-0.39, 0.29) is 93.4 Å². The summed E-state index contributed by atoms with van der Waals surface area (Å²) in [5.41, 5.74) is 13.3. The minimum Gasteiger partial charge on any atom is -0.508 e. The number of nitrogens with two attached hydrogens (primary N) is 2. The van der Waals surface area contributed by atoms with Crippen molar-refractivity contribution < 1.29 is 48.6 Å². The number of carbonyl (C=O) groups is 8. The lowest BCUT2D eigenvalue weighted by Gasteiger charge is -2.31. The number of phenolic OH excluding ortho intramolecular Hbond substituents is 1. The van der Waals surface area contributed by atoms with Crippen molar-refractivity contribution in [2.75, 3.05) is 20.1 Å². The minimum atomic E-state index is -1.19. The van der Waals surface area contributed by atoms with Gasteiger partial charge in [0.05, 0.1) is 36.4 Å². The number of phenols is 1. The van der Waals surface area contributed by atoms with E-state index in [0.717, 1.165) is 0 Å². The zero-order valence-corrected chi connectivity index (χ0v) is 41.5. The number of H-pyrrole nitrogens is 1. The van der Waals surface area contributed by atoms with Crippen LogP contribution in [0.15, 0.2) is 67.1 Å².